The number of ketones is 1. The van der Waals surface area contributed by atoms with Crippen molar-refractivity contribution in [1.82, 2.24) is 4.90 Å². The summed E-state index contributed by atoms with van der Waals surface area (Å²) in [6.07, 6.45) is 0. The number of halogens is 1. The van der Waals surface area contributed by atoms with E-state index in [2.05, 4.69) is 79.1 Å². The molecule has 222 valence electrons. The highest BCUT2D eigenvalue weighted by molar-refractivity contribution is 7.99. The zero-order chi connectivity index (χ0) is 29.4. The number of para-hydroxylation sites is 2. The van der Waals surface area contributed by atoms with Gasteiger partial charge in [-0.25, -0.2) is 0 Å². The van der Waals surface area contributed by atoms with Gasteiger partial charge in [0.2, 0.25) is 5.78 Å². The van der Waals surface area contributed by atoms with E-state index in [1.807, 2.05) is 17.8 Å². The fourth-order valence-corrected chi connectivity index (χ4v) is 6.12. The van der Waals surface area contributed by atoms with Crippen molar-refractivity contribution in [2.45, 2.75) is 36.6 Å². The minimum atomic E-state index is -0.294. The first-order valence-corrected chi connectivity index (χ1v) is 14.7. The topological polar surface area (TPSA) is 62.2 Å². The van der Waals surface area contributed by atoms with Crippen molar-refractivity contribution < 1.29 is 19.4 Å². The third-order valence-corrected chi connectivity index (χ3v) is 8.32. The Balaban J connectivity index is 0.000000228. The highest BCUT2D eigenvalue weighted by atomic mass is 35.5. The summed E-state index contributed by atoms with van der Waals surface area (Å²) in [5.74, 6) is 0.257. The van der Waals surface area contributed by atoms with Gasteiger partial charge in [0.05, 0.1) is 25.6 Å². The molecule has 1 aliphatic rings. The van der Waals surface area contributed by atoms with Gasteiger partial charge in [0.1, 0.15) is 22.8 Å². The zero-order valence-electron chi connectivity index (χ0n) is 24.7. The van der Waals surface area contributed by atoms with Gasteiger partial charge in [-0.15, -0.1) is 12.4 Å². The molecule has 0 fully saturated rings. The van der Waals surface area contributed by atoms with Crippen LogP contribution in [0.25, 0.3) is 0 Å². The van der Waals surface area contributed by atoms with Crippen LogP contribution in [0.5, 0.6) is 17.2 Å². The summed E-state index contributed by atoms with van der Waals surface area (Å²) in [4.78, 5) is 20.1. The van der Waals surface area contributed by atoms with Gasteiger partial charge in [0.25, 0.3) is 0 Å². The molecule has 0 aliphatic carbocycles. The maximum absolute atomic E-state index is 12.4. The normalized spacial score (nSPS) is 12.2. The molecule has 0 aromatic heterocycles. The Morgan fingerprint density at radius 1 is 0.857 bits per heavy atom. The minimum absolute atomic E-state index is 0. The van der Waals surface area contributed by atoms with Crippen LogP contribution in [-0.4, -0.2) is 55.7 Å². The molecule has 0 saturated carbocycles. The van der Waals surface area contributed by atoms with Crippen LogP contribution >= 0.6 is 24.2 Å². The Morgan fingerprint density at radius 2 is 1.40 bits per heavy atom. The van der Waals surface area contributed by atoms with E-state index in [9.17, 15) is 9.90 Å². The number of likely N-dealkylation sites (N-methyl/N-ethyl adjacent to an activating group) is 1. The average molecular weight is 607 g/mol. The van der Waals surface area contributed by atoms with Crippen LogP contribution in [-0.2, 0) is 0 Å². The Hall–Kier alpha value is -3.65. The van der Waals surface area contributed by atoms with Crippen molar-refractivity contribution in [3.8, 4) is 17.2 Å². The summed E-state index contributed by atoms with van der Waals surface area (Å²) >= 11 is 1.88. The first-order valence-electron chi connectivity index (χ1n) is 13.8. The van der Waals surface area contributed by atoms with E-state index in [1.165, 1.54) is 41.5 Å². The quantitative estimate of drug-likeness (QED) is 0.193. The van der Waals surface area contributed by atoms with Crippen LogP contribution in [0, 0.1) is 0 Å². The number of phenolic OH excluding ortho intramolecular Hbond substituents is 1. The SMILES string of the molecule is CCN(CC)C(C)CN1c2ccccc2Sc2ccccc21.COc1cc(O)c(C(=O)c2ccccc2)c(OC)c1.Cl. The molecule has 4 aromatic carbocycles. The number of ether oxygens (including phenoxy) is 2. The highest BCUT2D eigenvalue weighted by Gasteiger charge is 2.25. The monoisotopic (exact) mass is 606 g/mol. The van der Waals surface area contributed by atoms with E-state index in [0.717, 1.165) is 19.6 Å². The number of hydrogen-bond acceptors (Lipinski definition) is 7. The first kappa shape index (κ1) is 32.9. The van der Waals surface area contributed by atoms with Gasteiger partial charge < -0.3 is 19.5 Å². The van der Waals surface area contributed by atoms with Gasteiger partial charge in [-0.2, -0.15) is 0 Å². The molecule has 0 saturated heterocycles. The number of methoxy groups -OCH3 is 2. The Kier molecular flexibility index (Phi) is 12.2. The molecular weight excluding hydrogens is 568 g/mol. The van der Waals surface area contributed by atoms with E-state index in [0.29, 0.717) is 17.4 Å². The third-order valence-electron chi connectivity index (χ3n) is 7.19. The number of hydrogen-bond donors (Lipinski definition) is 1. The van der Waals surface area contributed by atoms with Crippen LogP contribution in [0.4, 0.5) is 11.4 Å². The summed E-state index contributed by atoms with van der Waals surface area (Å²) in [5, 5.41) is 9.99. The number of anilines is 2. The maximum Gasteiger partial charge on any atom is 0.200 e. The summed E-state index contributed by atoms with van der Waals surface area (Å²) in [5.41, 5.74) is 3.30. The van der Waals surface area contributed by atoms with Gasteiger partial charge in [0.15, 0.2) is 0 Å². The molecule has 0 bridgehead atoms. The maximum atomic E-state index is 12.4. The van der Waals surface area contributed by atoms with Crippen molar-refractivity contribution in [2.75, 3.05) is 38.8 Å². The van der Waals surface area contributed by atoms with Gasteiger partial charge in [-0.05, 0) is 44.3 Å². The van der Waals surface area contributed by atoms with Crippen molar-refractivity contribution >= 4 is 41.3 Å². The number of fused-ring (bicyclic) bond motifs is 2. The molecule has 4 aromatic rings. The van der Waals surface area contributed by atoms with Gasteiger partial charge in [-0.1, -0.05) is 80.2 Å². The number of carbonyl (C=O) groups is 1. The largest absolute Gasteiger partial charge is 0.507 e. The molecule has 1 N–H and O–H groups in total. The van der Waals surface area contributed by atoms with Crippen molar-refractivity contribution in [2.24, 2.45) is 0 Å². The molecule has 1 atom stereocenters. The van der Waals surface area contributed by atoms with Crippen LogP contribution < -0.4 is 14.4 Å². The molecule has 0 radical (unpaired) electrons. The third kappa shape index (κ3) is 7.40. The Morgan fingerprint density at radius 3 is 1.93 bits per heavy atom. The summed E-state index contributed by atoms with van der Waals surface area (Å²) in [7, 11) is 2.92. The van der Waals surface area contributed by atoms with Gasteiger partial charge >= 0.3 is 0 Å². The molecule has 0 amide bonds. The standard InChI is InChI=1S/C19H24N2S.C15H14O4.ClH/c1-4-20(5-2)15(3)14-21-16-10-6-8-12-18(16)22-19-13-9-7-11-17(19)21;1-18-11-8-12(16)14(13(9-11)19-2)15(17)10-6-4-3-5-7-10;/h6-13,15H,4-5,14H2,1-3H3;3-9,16H,1-2H3;1H. The molecule has 1 aliphatic heterocycles. The number of phenols is 1. The smallest absolute Gasteiger partial charge is 0.200 e. The number of rotatable bonds is 9. The predicted octanol–water partition coefficient (Wildman–Crippen LogP) is 8.08. The second-order valence-electron chi connectivity index (χ2n) is 9.64. The Labute approximate surface area is 259 Å². The van der Waals surface area contributed by atoms with Crippen molar-refractivity contribution in [3.63, 3.8) is 0 Å². The van der Waals surface area contributed by atoms with Gasteiger partial charge in [0, 0.05) is 40.1 Å². The fraction of sp³-hybridized carbons (Fsp3) is 0.265. The van der Waals surface area contributed by atoms with Crippen LogP contribution in [0.1, 0.15) is 36.7 Å². The molecule has 0 spiro atoms. The van der Waals surface area contributed by atoms with E-state index in [4.69, 9.17) is 9.47 Å². The summed E-state index contributed by atoms with van der Waals surface area (Å²) in [6, 6.07) is 29.7. The van der Waals surface area contributed by atoms with Crippen LogP contribution in [0.3, 0.4) is 0 Å². The number of nitrogens with zero attached hydrogens (tertiary/aromatic N) is 2. The Bertz CT molecular complexity index is 1420. The van der Waals surface area contributed by atoms with Crippen LogP contribution in [0.15, 0.2) is 101 Å². The average Bonchev–Trinajstić information content (AvgIpc) is 3.01. The number of benzene rings is 4. The molecular formula is C34H39ClN2O4S. The highest BCUT2D eigenvalue weighted by Crippen LogP contribution is 2.47. The second-order valence-corrected chi connectivity index (χ2v) is 10.7. The lowest BCUT2D eigenvalue weighted by atomic mass is 10.0. The fourth-order valence-electron chi connectivity index (χ4n) is 5.02. The molecule has 8 heteroatoms. The van der Waals surface area contributed by atoms with Crippen LogP contribution in [0.2, 0.25) is 0 Å². The number of carbonyl (C=O) groups excluding carboxylic acids is 1. The zero-order valence-corrected chi connectivity index (χ0v) is 26.4. The minimum Gasteiger partial charge on any atom is -0.507 e. The lowest BCUT2D eigenvalue weighted by Gasteiger charge is -2.37. The second kappa shape index (κ2) is 15.5. The first-order chi connectivity index (χ1) is 19.9. The molecule has 6 nitrogen and oxygen atoms in total. The summed E-state index contributed by atoms with van der Waals surface area (Å²) < 4.78 is 10.2. The van der Waals surface area contributed by atoms with E-state index in [1.54, 1.807) is 30.3 Å². The van der Waals surface area contributed by atoms with E-state index < -0.39 is 0 Å². The van der Waals surface area contributed by atoms with Crippen molar-refractivity contribution in [3.05, 3.63) is 102 Å². The molecule has 1 unspecified atom stereocenters. The molecule has 42 heavy (non-hydrogen) atoms. The van der Waals surface area contributed by atoms with Gasteiger partial charge in [-0.3, -0.25) is 9.69 Å². The molecule has 1 heterocycles. The summed E-state index contributed by atoms with van der Waals surface area (Å²) in [6.45, 7) is 10.0. The lowest BCUT2D eigenvalue weighted by molar-refractivity contribution is 0.103. The predicted molar refractivity (Wildman–Crippen MR) is 175 cm³/mol. The van der Waals surface area contributed by atoms with E-state index in [-0.39, 0.29) is 35.3 Å². The lowest BCUT2D eigenvalue weighted by Crippen LogP contribution is -2.41. The van der Waals surface area contributed by atoms with E-state index >= 15 is 0 Å². The molecule has 5 rings (SSSR count). The number of aromatic hydroxyl groups is 1. The van der Waals surface area contributed by atoms with Crippen molar-refractivity contribution in [1.29, 1.82) is 0 Å².